The van der Waals surface area contributed by atoms with Crippen LogP contribution in [0.15, 0.2) is 30.3 Å². The van der Waals surface area contributed by atoms with Crippen LogP contribution in [0.2, 0.25) is 0 Å². The number of carbonyl (C=O) groups excluding carboxylic acids is 1. The Morgan fingerprint density at radius 3 is 2.69 bits per heavy atom. The summed E-state index contributed by atoms with van der Waals surface area (Å²) >= 11 is 0. The first-order valence-electron chi connectivity index (χ1n) is 9.53. The van der Waals surface area contributed by atoms with Crippen molar-refractivity contribution >= 4 is 26.5 Å². The van der Waals surface area contributed by atoms with Gasteiger partial charge in [0.15, 0.2) is 16.4 Å². The Hall–Kier alpha value is -2.74. The van der Waals surface area contributed by atoms with E-state index in [0.717, 1.165) is 22.3 Å². The highest BCUT2D eigenvalue weighted by molar-refractivity contribution is 7.91. The fourth-order valence-corrected chi connectivity index (χ4v) is 5.78. The standard InChI is InChI=1S/C21H23N3O4S/c1-13-10-18(14(2)24(13)16-8-9-29(26,27)12-16)20(25)11-28-21-17-6-4-5-7-19(17)22-15(3)23-21/h4-7,10,16H,8-9,11-12H2,1-3H3/t16-/m0/s1. The van der Waals surface area contributed by atoms with Crippen molar-refractivity contribution in [3.8, 4) is 5.88 Å². The third-order valence-corrected chi connectivity index (χ3v) is 7.13. The molecule has 0 spiro atoms. The second kappa shape index (κ2) is 7.26. The lowest BCUT2D eigenvalue weighted by atomic mass is 10.1. The largest absolute Gasteiger partial charge is 0.469 e. The summed E-state index contributed by atoms with van der Waals surface area (Å²) in [6.07, 6.45) is 0.578. The van der Waals surface area contributed by atoms with Gasteiger partial charge in [-0.25, -0.2) is 13.4 Å². The Morgan fingerprint density at radius 2 is 1.97 bits per heavy atom. The lowest BCUT2D eigenvalue weighted by Crippen LogP contribution is -2.16. The minimum atomic E-state index is -3.00. The van der Waals surface area contributed by atoms with E-state index in [1.807, 2.05) is 48.7 Å². The molecule has 1 fully saturated rings. The van der Waals surface area contributed by atoms with E-state index in [0.29, 0.717) is 23.7 Å². The van der Waals surface area contributed by atoms with Crippen LogP contribution in [-0.2, 0) is 9.84 Å². The summed E-state index contributed by atoms with van der Waals surface area (Å²) < 4.78 is 31.5. The molecule has 1 aliphatic heterocycles. The van der Waals surface area contributed by atoms with E-state index < -0.39 is 9.84 Å². The third kappa shape index (κ3) is 3.76. The third-order valence-electron chi connectivity index (χ3n) is 5.38. The zero-order chi connectivity index (χ0) is 20.8. The molecular formula is C21H23N3O4S. The first-order valence-corrected chi connectivity index (χ1v) is 11.4. The number of sulfone groups is 1. The monoisotopic (exact) mass is 413 g/mol. The average Bonchev–Trinajstić information content (AvgIpc) is 3.17. The van der Waals surface area contributed by atoms with Crippen LogP contribution >= 0.6 is 0 Å². The highest BCUT2D eigenvalue weighted by Crippen LogP contribution is 2.29. The van der Waals surface area contributed by atoms with Crippen LogP contribution < -0.4 is 4.74 Å². The zero-order valence-corrected chi connectivity index (χ0v) is 17.5. The minimum Gasteiger partial charge on any atom is -0.469 e. The zero-order valence-electron chi connectivity index (χ0n) is 16.7. The number of rotatable bonds is 5. The Morgan fingerprint density at radius 1 is 1.21 bits per heavy atom. The van der Waals surface area contributed by atoms with E-state index in [1.165, 1.54) is 0 Å². The SMILES string of the molecule is Cc1nc(OCC(=O)c2cc(C)n([C@H]3CCS(=O)(=O)C3)c2C)c2ccccc2n1. The Labute approximate surface area is 169 Å². The highest BCUT2D eigenvalue weighted by Gasteiger charge is 2.31. The Bertz CT molecular complexity index is 1210. The first-order chi connectivity index (χ1) is 13.7. The second-order valence-electron chi connectivity index (χ2n) is 7.52. The van der Waals surface area contributed by atoms with E-state index in [2.05, 4.69) is 9.97 Å². The van der Waals surface area contributed by atoms with Crippen molar-refractivity contribution in [2.75, 3.05) is 18.1 Å². The molecule has 0 bridgehead atoms. The van der Waals surface area contributed by atoms with Gasteiger partial charge in [-0.3, -0.25) is 4.79 Å². The lowest BCUT2D eigenvalue weighted by molar-refractivity contribution is 0.0918. The second-order valence-corrected chi connectivity index (χ2v) is 9.75. The molecule has 152 valence electrons. The van der Waals surface area contributed by atoms with Crippen molar-refractivity contribution in [3.05, 3.63) is 53.1 Å². The molecule has 1 aliphatic rings. The van der Waals surface area contributed by atoms with Crippen LogP contribution in [0.25, 0.3) is 10.9 Å². The topological polar surface area (TPSA) is 91.1 Å². The van der Waals surface area contributed by atoms with Gasteiger partial charge < -0.3 is 9.30 Å². The van der Waals surface area contributed by atoms with Gasteiger partial charge in [0.1, 0.15) is 5.82 Å². The van der Waals surface area contributed by atoms with Crippen molar-refractivity contribution in [2.24, 2.45) is 0 Å². The average molecular weight is 413 g/mol. The van der Waals surface area contributed by atoms with Gasteiger partial charge in [0.25, 0.3) is 0 Å². The molecule has 1 aromatic carbocycles. The molecule has 3 heterocycles. The van der Waals surface area contributed by atoms with E-state index in [1.54, 1.807) is 6.92 Å². The maximum atomic E-state index is 12.9. The van der Waals surface area contributed by atoms with Gasteiger partial charge in [-0.2, -0.15) is 4.98 Å². The predicted octanol–water partition coefficient (Wildman–Crippen LogP) is 2.98. The van der Waals surface area contributed by atoms with E-state index in [-0.39, 0.29) is 29.9 Å². The normalized spacial score (nSPS) is 18.2. The summed E-state index contributed by atoms with van der Waals surface area (Å²) in [5.41, 5.74) is 2.99. The van der Waals surface area contributed by atoms with Gasteiger partial charge in [-0.05, 0) is 45.4 Å². The number of ether oxygens (including phenoxy) is 1. The predicted molar refractivity (Wildman–Crippen MR) is 110 cm³/mol. The molecule has 2 aromatic heterocycles. The number of para-hydroxylation sites is 1. The maximum Gasteiger partial charge on any atom is 0.225 e. The Balaban J connectivity index is 1.57. The number of ketones is 1. The lowest BCUT2D eigenvalue weighted by Gasteiger charge is -2.16. The molecule has 0 amide bonds. The molecule has 29 heavy (non-hydrogen) atoms. The fraction of sp³-hybridized carbons (Fsp3) is 0.381. The van der Waals surface area contributed by atoms with Gasteiger partial charge in [-0.1, -0.05) is 12.1 Å². The molecule has 0 saturated carbocycles. The number of benzene rings is 1. The molecule has 1 atom stereocenters. The van der Waals surface area contributed by atoms with Gasteiger partial charge in [0.2, 0.25) is 11.7 Å². The van der Waals surface area contributed by atoms with Crippen molar-refractivity contribution in [1.29, 1.82) is 0 Å². The molecule has 3 aromatic rings. The highest BCUT2D eigenvalue weighted by atomic mass is 32.2. The fourth-order valence-electron chi connectivity index (χ4n) is 4.08. The molecule has 8 heteroatoms. The summed E-state index contributed by atoms with van der Waals surface area (Å²) in [5.74, 6) is 1.12. The molecule has 1 saturated heterocycles. The summed E-state index contributed by atoms with van der Waals surface area (Å²) in [6, 6.07) is 9.20. The number of fused-ring (bicyclic) bond motifs is 1. The van der Waals surface area contributed by atoms with Crippen LogP contribution in [0.5, 0.6) is 5.88 Å². The number of nitrogens with zero attached hydrogens (tertiary/aromatic N) is 3. The summed E-state index contributed by atoms with van der Waals surface area (Å²) in [4.78, 5) is 21.6. The number of aryl methyl sites for hydroxylation is 2. The number of Topliss-reactive ketones (excluding diaryl/α,β-unsaturated/α-hetero) is 1. The van der Waals surface area contributed by atoms with E-state index in [9.17, 15) is 13.2 Å². The molecular weight excluding hydrogens is 390 g/mol. The molecule has 0 aliphatic carbocycles. The molecule has 0 unspecified atom stereocenters. The molecule has 4 rings (SSSR count). The maximum absolute atomic E-state index is 12.9. The van der Waals surface area contributed by atoms with Crippen LogP contribution in [-0.4, -0.2) is 46.8 Å². The van der Waals surface area contributed by atoms with Crippen LogP contribution in [0, 0.1) is 20.8 Å². The van der Waals surface area contributed by atoms with E-state index in [4.69, 9.17) is 4.74 Å². The van der Waals surface area contributed by atoms with Gasteiger partial charge in [0.05, 0.1) is 22.4 Å². The number of aromatic nitrogens is 3. The molecule has 0 N–H and O–H groups in total. The quantitative estimate of drug-likeness (QED) is 0.597. The van der Waals surface area contributed by atoms with Gasteiger partial charge in [0, 0.05) is 23.0 Å². The molecule has 7 nitrogen and oxygen atoms in total. The van der Waals surface area contributed by atoms with Crippen LogP contribution in [0.1, 0.15) is 40.0 Å². The van der Waals surface area contributed by atoms with Crippen molar-refractivity contribution in [2.45, 2.75) is 33.2 Å². The van der Waals surface area contributed by atoms with Crippen LogP contribution in [0.3, 0.4) is 0 Å². The smallest absolute Gasteiger partial charge is 0.225 e. The van der Waals surface area contributed by atoms with Crippen molar-refractivity contribution in [1.82, 2.24) is 14.5 Å². The van der Waals surface area contributed by atoms with Crippen molar-refractivity contribution < 1.29 is 17.9 Å². The summed E-state index contributed by atoms with van der Waals surface area (Å²) in [6.45, 7) is 5.39. The summed E-state index contributed by atoms with van der Waals surface area (Å²) in [5, 5.41) is 0.757. The number of hydrogen-bond acceptors (Lipinski definition) is 6. The minimum absolute atomic E-state index is 0.115. The van der Waals surface area contributed by atoms with Crippen molar-refractivity contribution in [3.63, 3.8) is 0 Å². The van der Waals surface area contributed by atoms with Gasteiger partial charge >= 0.3 is 0 Å². The molecule has 0 radical (unpaired) electrons. The van der Waals surface area contributed by atoms with Gasteiger partial charge in [-0.15, -0.1) is 0 Å². The summed E-state index contributed by atoms with van der Waals surface area (Å²) in [7, 11) is -3.00. The number of carbonyl (C=O) groups is 1. The van der Waals surface area contributed by atoms with E-state index >= 15 is 0 Å². The van der Waals surface area contributed by atoms with Crippen LogP contribution in [0.4, 0.5) is 0 Å². The number of hydrogen-bond donors (Lipinski definition) is 0. The Kier molecular flexibility index (Phi) is 4.90. The first kappa shape index (κ1) is 19.6.